The first kappa shape index (κ1) is 40.1. The Bertz CT molecular complexity index is 3780. The summed E-state index contributed by atoms with van der Waals surface area (Å²) in [5.41, 5.74) is 23.0. The van der Waals surface area contributed by atoms with E-state index in [1.165, 1.54) is 251 Å². The largest absolute Gasteiger partial charge is 0.309 e. The van der Waals surface area contributed by atoms with Crippen LogP contribution in [-0.2, 0) is 34.5 Å². The molecular weight excluding hydrogens is 873 g/mol. The fourth-order valence-electron chi connectivity index (χ4n) is 23.3. The van der Waals surface area contributed by atoms with Gasteiger partial charge in [-0.1, -0.05) is 25.7 Å². The van der Waals surface area contributed by atoms with E-state index in [1.54, 1.807) is 11.1 Å². The average molecular weight is 939 g/mol. The molecule has 12 aliphatic carbocycles. The van der Waals surface area contributed by atoms with Crippen LogP contribution in [0.5, 0.6) is 0 Å². The molecule has 4 heteroatoms. The summed E-state index contributed by atoms with van der Waals surface area (Å²) in [4.78, 5) is 4.51. The first-order valence-electron chi connectivity index (χ1n) is 29.5. The van der Waals surface area contributed by atoms with Gasteiger partial charge in [0, 0.05) is 48.6 Å². The number of aromatic nitrogens is 2. The summed E-state index contributed by atoms with van der Waals surface area (Å²) in [6.45, 7) is 13.9. The highest BCUT2D eigenvalue weighted by Gasteiger charge is 2.54. The molecule has 72 heavy (non-hydrogen) atoms. The van der Waals surface area contributed by atoms with Crippen LogP contribution < -0.4 is 0 Å². The SMILES string of the molecule is [C-]#[N+]c1cc2c(c3c1C1(CCCC1)CC3)c1cc(C34CC5CC(CC(C5)C3)C4)cc3c4c(C)c5c(c(C)c4n2c13)c1cc(C23CC4CC(CC(C4)C2)C3)cc2c3c4c(c(C#N)cc3n5c21)C1(CCCC1)CC4. The first-order chi connectivity index (χ1) is 35.2. The van der Waals surface area contributed by atoms with Gasteiger partial charge in [0.2, 0.25) is 0 Å². The molecule has 21 rings (SSSR count). The lowest BCUT2D eigenvalue weighted by molar-refractivity contribution is -0.00520. The predicted octanol–water partition coefficient (Wildman–Crippen LogP) is 17.5. The minimum Gasteiger partial charge on any atom is -0.309 e. The molecule has 0 unspecified atom stereocenters. The van der Waals surface area contributed by atoms with Crippen molar-refractivity contribution < 1.29 is 0 Å². The molecule has 5 aromatic carbocycles. The van der Waals surface area contributed by atoms with Crippen molar-refractivity contribution in [3.05, 3.63) is 97.9 Å². The monoisotopic (exact) mass is 939 g/mol. The van der Waals surface area contributed by atoms with Crippen molar-refractivity contribution in [1.82, 2.24) is 8.80 Å². The second kappa shape index (κ2) is 12.8. The van der Waals surface area contributed by atoms with E-state index in [0.717, 1.165) is 59.6 Å². The number of rotatable bonds is 2. The number of hydrogen-bond donors (Lipinski definition) is 0. The van der Waals surface area contributed by atoms with E-state index in [0.29, 0.717) is 0 Å². The molecule has 0 radical (unpaired) electrons. The van der Waals surface area contributed by atoms with Crippen molar-refractivity contribution in [2.75, 3.05) is 0 Å². The summed E-state index contributed by atoms with van der Waals surface area (Å²) in [5.74, 6) is 5.27. The Labute approximate surface area is 423 Å². The third-order valence-electron chi connectivity index (χ3n) is 24.8. The summed E-state index contributed by atoms with van der Waals surface area (Å²) in [6, 6.07) is 18.7. The van der Waals surface area contributed by atoms with E-state index >= 15 is 0 Å². The zero-order valence-corrected chi connectivity index (χ0v) is 42.7. The number of nitriles is 1. The van der Waals surface area contributed by atoms with Crippen LogP contribution in [0, 0.1) is 67.3 Å². The van der Waals surface area contributed by atoms with Crippen LogP contribution in [0.2, 0.25) is 0 Å². The van der Waals surface area contributed by atoms with Crippen LogP contribution in [0.15, 0.2) is 36.4 Å². The van der Waals surface area contributed by atoms with Gasteiger partial charge >= 0.3 is 0 Å². The van der Waals surface area contributed by atoms with E-state index in [9.17, 15) is 5.26 Å². The molecule has 4 aromatic heterocycles. The van der Waals surface area contributed by atoms with Crippen LogP contribution in [0.3, 0.4) is 0 Å². The molecule has 8 bridgehead atoms. The van der Waals surface area contributed by atoms with Crippen LogP contribution in [0.25, 0.3) is 81.0 Å². The lowest BCUT2D eigenvalue weighted by Gasteiger charge is -2.57. The molecule has 0 saturated heterocycles. The van der Waals surface area contributed by atoms with Crippen LogP contribution >= 0.6 is 0 Å². The first-order valence-corrected chi connectivity index (χ1v) is 29.5. The normalized spacial score (nSPS) is 32.4. The highest BCUT2D eigenvalue weighted by Crippen LogP contribution is 2.65. The Balaban J connectivity index is 0.989. The average Bonchev–Trinajstić information content (AvgIpc) is 4.26. The molecule has 0 amide bonds. The molecule has 0 N–H and O–H groups in total. The Kier molecular flexibility index (Phi) is 7.12. The Morgan fingerprint density at radius 1 is 0.486 bits per heavy atom. The van der Waals surface area contributed by atoms with E-state index in [-0.39, 0.29) is 21.7 Å². The zero-order chi connectivity index (χ0) is 47.1. The lowest BCUT2D eigenvalue weighted by Crippen LogP contribution is -2.48. The molecule has 2 spiro atoms. The van der Waals surface area contributed by atoms with Gasteiger partial charge in [-0.2, -0.15) is 5.26 Å². The maximum absolute atomic E-state index is 11.3. The molecule has 0 atom stereocenters. The van der Waals surface area contributed by atoms with Gasteiger partial charge in [0.05, 0.1) is 45.8 Å². The molecule has 4 nitrogen and oxygen atoms in total. The molecule has 10 saturated carbocycles. The maximum atomic E-state index is 11.3. The summed E-state index contributed by atoms with van der Waals surface area (Å²) in [5, 5.41) is 23.0. The number of fused-ring (bicyclic) bond motifs is 18. The topological polar surface area (TPSA) is 37.0 Å². The number of hydrogen-bond acceptors (Lipinski definition) is 1. The van der Waals surface area contributed by atoms with Crippen molar-refractivity contribution in [2.45, 2.75) is 190 Å². The summed E-state index contributed by atoms with van der Waals surface area (Å²) >= 11 is 0. The minimum absolute atomic E-state index is 0.174. The van der Waals surface area contributed by atoms with Gasteiger partial charge in [0.25, 0.3) is 0 Å². The molecule has 4 heterocycles. The van der Waals surface area contributed by atoms with Gasteiger partial charge < -0.3 is 8.80 Å². The van der Waals surface area contributed by atoms with Gasteiger partial charge in [0.1, 0.15) is 0 Å². The second-order valence-electron chi connectivity index (χ2n) is 28.1. The highest BCUT2D eigenvalue weighted by molar-refractivity contribution is 6.32. The van der Waals surface area contributed by atoms with Gasteiger partial charge in [0.15, 0.2) is 5.69 Å². The van der Waals surface area contributed by atoms with E-state index in [4.69, 9.17) is 6.57 Å². The van der Waals surface area contributed by atoms with Crippen LogP contribution in [0.1, 0.15) is 191 Å². The zero-order valence-electron chi connectivity index (χ0n) is 42.7. The second-order valence-corrected chi connectivity index (χ2v) is 28.1. The molecule has 9 aromatic rings. The predicted molar refractivity (Wildman–Crippen MR) is 293 cm³/mol. The number of aryl methyl sites for hydroxylation is 4. The molecule has 10 fully saturated rings. The summed E-state index contributed by atoms with van der Waals surface area (Å²) in [7, 11) is 0. The third kappa shape index (κ3) is 4.45. The van der Waals surface area contributed by atoms with Crippen LogP contribution in [-0.4, -0.2) is 8.80 Å². The van der Waals surface area contributed by atoms with Crippen molar-refractivity contribution in [2.24, 2.45) is 35.5 Å². The van der Waals surface area contributed by atoms with Gasteiger partial charge in [-0.15, -0.1) is 0 Å². The van der Waals surface area contributed by atoms with E-state index in [1.807, 2.05) is 0 Å². The van der Waals surface area contributed by atoms with Crippen molar-refractivity contribution in [3.63, 3.8) is 0 Å². The van der Waals surface area contributed by atoms with E-state index < -0.39 is 0 Å². The summed E-state index contributed by atoms with van der Waals surface area (Å²) in [6.07, 6.45) is 31.7. The molecule has 358 valence electrons. The molecular formula is C68H66N4. The maximum Gasteiger partial charge on any atom is 0.193 e. The van der Waals surface area contributed by atoms with Crippen molar-refractivity contribution >= 4 is 81.9 Å². The number of nitrogens with zero attached hydrogens (tertiary/aromatic N) is 4. The van der Waals surface area contributed by atoms with Crippen LogP contribution in [0.4, 0.5) is 5.69 Å². The standard InChI is InChI=1S/C68H66N4/c1-35-56-49-24-45(68-31-40-19-41(32-68)21-42(20-40)33-68)26-51-58-47-9-15-66(12-6-7-13-66)60(47)52(70-3)27-54(58)72(64(49)51)62(56)36(2)55-48-23-44(67-28-37-16-38(29-67)18-39(17-37)30-67)25-50-57-46-8-14-65(10-4-5-11-65)59(46)43(34-69)22-53(57)71(61(35)55)63(48)50/h22-27,37-42H,4-21,28-33H2,1-2H3. The lowest BCUT2D eigenvalue weighted by atomic mass is 9.48. The van der Waals surface area contributed by atoms with Crippen molar-refractivity contribution in [1.29, 1.82) is 5.26 Å². The van der Waals surface area contributed by atoms with Gasteiger partial charge in [-0.3, -0.25) is 0 Å². The Morgan fingerprint density at radius 3 is 1.29 bits per heavy atom. The molecule has 0 aliphatic heterocycles. The number of benzene rings is 5. The Morgan fingerprint density at radius 2 is 0.875 bits per heavy atom. The van der Waals surface area contributed by atoms with Gasteiger partial charge in [-0.05, 0) is 280 Å². The van der Waals surface area contributed by atoms with Gasteiger partial charge in [-0.25, -0.2) is 4.85 Å². The summed E-state index contributed by atoms with van der Waals surface area (Å²) < 4.78 is 5.47. The minimum atomic E-state index is 0.174. The van der Waals surface area contributed by atoms with Crippen molar-refractivity contribution in [3.8, 4) is 6.07 Å². The highest BCUT2D eigenvalue weighted by atomic mass is 14.9. The fraction of sp³-hybridized carbons (Fsp3) is 0.529. The smallest absolute Gasteiger partial charge is 0.193 e. The van der Waals surface area contributed by atoms with E-state index in [2.05, 4.69) is 70.0 Å². The Hall–Kier alpha value is -5.32. The quantitative estimate of drug-likeness (QED) is 0.159. The molecule has 12 aliphatic rings. The fourth-order valence-corrected chi connectivity index (χ4v) is 23.3. The third-order valence-corrected chi connectivity index (χ3v) is 24.8.